The van der Waals surface area contributed by atoms with Crippen LogP contribution in [0.2, 0.25) is 0 Å². The van der Waals surface area contributed by atoms with E-state index in [1.807, 2.05) is 56.3 Å². The maximum absolute atomic E-state index is 12.5. The SMILES string of the molecule is Cc1ccc(NC(=O)N2CCOC(c3ccccc3)C2)c(C)n1. The Kier molecular flexibility index (Phi) is 4.57. The van der Waals surface area contributed by atoms with Crippen molar-refractivity contribution in [1.82, 2.24) is 9.88 Å². The van der Waals surface area contributed by atoms with Gasteiger partial charge in [-0.15, -0.1) is 0 Å². The second-order valence-corrected chi connectivity index (χ2v) is 5.73. The average Bonchev–Trinajstić information content (AvgIpc) is 2.58. The Morgan fingerprint density at radius 3 is 2.74 bits per heavy atom. The number of rotatable bonds is 2. The van der Waals surface area contributed by atoms with Gasteiger partial charge in [0.05, 0.1) is 24.5 Å². The van der Waals surface area contributed by atoms with Gasteiger partial charge in [-0.2, -0.15) is 0 Å². The highest BCUT2D eigenvalue weighted by atomic mass is 16.5. The molecule has 0 radical (unpaired) electrons. The summed E-state index contributed by atoms with van der Waals surface area (Å²) in [6.07, 6.45) is -0.0760. The van der Waals surface area contributed by atoms with Gasteiger partial charge in [0.25, 0.3) is 0 Å². The van der Waals surface area contributed by atoms with Gasteiger partial charge in [0.15, 0.2) is 0 Å². The number of carbonyl (C=O) groups excluding carboxylic acids is 1. The van der Waals surface area contributed by atoms with Gasteiger partial charge < -0.3 is 15.0 Å². The van der Waals surface area contributed by atoms with Crippen LogP contribution in [0.1, 0.15) is 23.1 Å². The van der Waals surface area contributed by atoms with E-state index in [0.717, 1.165) is 22.6 Å². The van der Waals surface area contributed by atoms with Gasteiger partial charge in [0.1, 0.15) is 6.10 Å². The molecule has 1 aromatic heterocycles. The largest absolute Gasteiger partial charge is 0.370 e. The molecular formula is C18H21N3O2. The minimum Gasteiger partial charge on any atom is -0.370 e. The second kappa shape index (κ2) is 6.79. The van der Waals surface area contributed by atoms with Crippen LogP contribution < -0.4 is 5.32 Å². The zero-order chi connectivity index (χ0) is 16.2. The quantitative estimate of drug-likeness (QED) is 0.926. The molecule has 0 bridgehead atoms. The molecule has 0 spiro atoms. The van der Waals surface area contributed by atoms with Crippen molar-refractivity contribution in [3.8, 4) is 0 Å². The molecule has 2 amide bonds. The topological polar surface area (TPSA) is 54.5 Å². The highest BCUT2D eigenvalue weighted by Gasteiger charge is 2.25. The second-order valence-electron chi connectivity index (χ2n) is 5.73. The Labute approximate surface area is 136 Å². The van der Waals surface area contributed by atoms with Crippen molar-refractivity contribution >= 4 is 11.7 Å². The third kappa shape index (κ3) is 3.68. The molecule has 2 heterocycles. The van der Waals surface area contributed by atoms with Crippen molar-refractivity contribution in [3.63, 3.8) is 0 Å². The lowest BCUT2D eigenvalue weighted by Crippen LogP contribution is -2.44. The maximum atomic E-state index is 12.5. The van der Waals surface area contributed by atoms with Gasteiger partial charge in [0.2, 0.25) is 0 Å². The molecule has 2 aromatic rings. The van der Waals surface area contributed by atoms with Gasteiger partial charge in [0, 0.05) is 12.2 Å². The fourth-order valence-electron chi connectivity index (χ4n) is 2.72. The summed E-state index contributed by atoms with van der Waals surface area (Å²) < 4.78 is 5.80. The van der Waals surface area contributed by atoms with E-state index in [2.05, 4.69) is 10.3 Å². The molecular weight excluding hydrogens is 290 g/mol. The first-order valence-corrected chi connectivity index (χ1v) is 7.80. The minimum absolute atomic E-state index is 0.0760. The number of amides is 2. The van der Waals surface area contributed by atoms with Crippen LogP contribution in [0.25, 0.3) is 0 Å². The molecule has 1 saturated heterocycles. The monoisotopic (exact) mass is 311 g/mol. The third-order valence-electron chi connectivity index (χ3n) is 3.99. The fraction of sp³-hybridized carbons (Fsp3) is 0.333. The predicted octanol–water partition coefficient (Wildman–Crippen LogP) is 3.30. The van der Waals surface area contributed by atoms with Crippen molar-refractivity contribution in [2.24, 2.45) is 0 Å². The summed E-state index contributed by atoms with van der Waals surface area (Å²) in [5.41, 5.74) is 3.61. The molecule has 0 aliphatic carbocycles. The number of benzene rings is 1. The molecule has 1 atom stereocenters. The van der Waals surface area contributed by atoms with Crippen LogP contribution >= 0.6 is 0 Å². The number of aromatic nitrogens is 1. The van der Waals surface area contributed by atoms with Crippen LogP contribution in [0, 0.1) is 13.8 Å². The van der Waals surface area contributed by atoms with Gasteiger partial charge in [-0.1, -0.05) is 30.3 Å². The molecule has 1 unspecified atom stereocenters. The van der Waals surface area contributed by atoms with Crippen LogP contribution in [0.15, 0.2) is 42.5 Å². The summed E-state index contributed by atoms with van der Waals surface area (Å²) in [6, 6.07) is 13.7. The Morgan fingerprint density at radius 1 is 1.22 bits per heavy atom. The van der Waals surface area contributed by atoms with Gasteiger partial charge in [-0.25, -0.2) is 4.79 Å². The van der Waals surface area contributed by atoms with Gasteiger partial charge in [-0.05, 0) is 31.5 Å². The zero-order valence-electron chi connectivity index (χ0n) is 13.5. The minimum atomic E-state index is -0.108. The lowest BCUT2D eigenvalue weighted by atomic mass is 10.1. The van der Waals surface area contributed by atoms with E-state index in [-0.39, 0.29) is 12.1 Å². The van der Waals surface area contributed by atoms with Gasteiger partial charge in [-0.3, -0.25) is 4.98 Å². The summed E-state index contributed by atoms with van der Waals surface area (Å²) in [7, 11) is 0. The van der Waals surface area contributed by atoms with E-state index in [4.69, 9.17) is 4.74 Å². The highest BCUT2D eigenvalue weighted by Crippen LogP contribution is 2.22. The predicted molar refractivity (Wildman–Crippen MR) is 89.4 cm³/mol. The van der Waals surface area contributed by atoms with Crippen molar-refractivity contribution in [2.75, 3.05) is 25.0 Å². The van der Waals surface area contributed by atoms with Crippen molar-refractivity contribution < 1.29 is 9.53 Å². The number of aryl methyl sites for hydroxylation is 2. The molecule has 5 nitrogen and oxygen atoms in total. The van der Waals surface area contributed by atoms with Crippen molar-refractivity contribution in [3.05, 3.63) is 59.4 Å². The molecule has 1 fully saturated rings. The van der Waals surface area contributed by atoms with Crippen LogP contribution in [-0.4, -0.2) is 35.6 Å². The fourth-order valence-corrected chi connectivity index (χ4v) is 2.72. The normalized spacial score (nSPS) is 17.8. The maximum Gasteiger partial charge on any atom is 0.322 e. The molecule has 1 aliphatic rings. The first-order chi connectivity index (χ1) is 11.1. The number of nitrogens with zero attached hydrogens (tertiary/aromatic N) is 2. The molecule has 5 heteroatoms. The molecule has 1 aliphatic heterocycles. The smallest absolute Gasteiger partial charge is 0.322 e. The van der Waals surface area contributed by atoms with Crippen LogP contribution in [0.4, 0.5) is 10.5 Å². The summed E-state index contributed by atoms with van der Waals surface area (Å²) >= 11 is 0. The summed E-state index contributed by atoms with van der Waals surface area (Å²) in [5, 5.41) is 2.95. The lowest BCUT2D eigenvalue weighted by Gasteiger charge is -2.33. The number of nitrogens with one attached hydrogen (secondary N) is 1. The van der Waals surface area contributed by atoms with Crippen LogP contribution in [0.3, 0.4) is 0 Å². The Bertz CT molecular complexity index is 688. The molecule has 120 valence electrons. The molecule has 0 saturated carbocycles. The first-order valence-electron chi connectivity index (χ1n) is 7.80. The molecule has 1 aromatic carbocycles. The number of pyridine rings is 1. The van der Waals surface area contributed by atoms with E-state index in [9.17, 15) is 4.79 Å². The standard InChI is InChI=1S/C18H21N3O2/c1-13-8-9-16(14(2)19-13)20-18(22)21-10-11-23-17(12-21)15-6-4-3-5-7-15/h3-9,17H,10-12H2,1-2H3,(H,20,22). The molecule has 3 rings (SSSR count). The lowest BCUT2D eigenvalue weighted by molar-refractivity contribution is -0.0135. The number of carbonyl (C=O) groups is 1. The van der Waals surface area contributed by atoms with Crippen molar-refractivity contribution in [1.29, 1.82) is 0 Å². The number of anilines is 1. The van der Waals surface area contributed by atoms with Gasteiger partial charge >= 0.3 is 6.03 Å². The van der Waals surface area contributed by atoms with E-state index in [1.165, 1.54) is 0 Å². The van der Waals surface area contributed by atoms with E-state index in [1.54, 1.807) is 4.90 Å². The summed E-state index contributed by atoms with van der Waals surface area (Å²) in [5.74, 6) is 0. The number of hydrogen-bond donors (Lipinski definition) is 1. The summed E-state index contributed by atoms with van der Waals surface area (Å²) in [6.45, 7) is 5.51. The Hall–Kier alpha value is -2.40. The Balaban J connectivity index is 1.67. The highest BCUT2D eigenvalue weighted by molar-refractivity contribution is 5.90. The first kappa shape index (κ1) is 15.5. The number of urea groups is 1. The summed E-state index contributed by atoms with van der Waals surface area (Å²) in [4.78, 5) is 18.7. The zero-order valence-corrected chi connectivity index (χ0v) is 13.5. The number of morpholine rings is 1. The van der Waals surface area contributed by atoms with E-state index < -0.39 is 0 Å². The van der Waals surface area contributed by atoms with E-state index >= 15 is 0 Å². The number of hydrogen-bond acceptors (Lipinski definition) is 3. The van der Waals surface area contributed by atoms with Crippen LogP contribution in [0.5, 0.6) is 0 Å². The van der Waals surface area contributed by atoms with E-state index in [0.29, 0.717) is 19.7 Å². The third-order valence-corrected chi connectivity index (χ3v) is 3.99. The molecule has 23 heavy (non-hydrogen) atoms. The van der Waals surface area contributed by atoms with Crippen LogP contribution in [-0.2, 0) is 4.74 Å². The Morgan fingerprint density at radius 2 is 2.00 bits per heavy atom. The van der Waals surface area contributed by atoms with Crippen molar-refractivity contribution in [2.45, 2.75) is 20.0 Å². The number of ether oxygens (including phenoxy) is 1. The average molecular weight is 311 g/mol. The molecule has 1 N–H and O–H groups in total.